The summed E-state index contributed by atoms with van der Waals surface area (Å²) in [6.45, 7) is 6.23. The lowest BCUT2D eigenvalue weighted by Gasteiger charge is -2.22. The zero-order valence-electron chi connectivity index (χ0n) is 19.8. The first-order valence-corrected chi connectivity index (χ1v) is 11.9. The van der Waals surface area contributed by atoms with Crippen molar-refractivity contribution in [3.63, 3.8) is 0 Å². The quantitative estimate of drug-likeness (QED) is 0.588. The number of anilines is 1. The first-order valence-electron chi connectivity index (χ1n) is 11.9. The van der Waals surface area contributed by atoms with Crippen molar-refractivity contribution in [1.82, 2.24) is 19.8 Å². The highest BCUT2D eigenvalue weighted by molar-refractivity contribution is 5.84. The molecule has 2 unspecified atom stereocenters. The van der Waals surface area contributed by atoms with E-state index in [1.54, 1.807) is 0 Å². The van der Waals surface area contributed by atoms with Crippen molar-refractivity contribution < 1.29 is 14.7 Å². The molecule has 2 aliphatic rings. The maximum atomic E-state index is 13.7. The van der Waals surface area contributed by atoms with Crippen LogP contribution in [-0.4, -0.2) is 63.8 Å². The van der Waals surface area contributed by atoms with Gasteiger partial charge in [0, 0.05) is 55.3 Å². The Labute approximate surface area is 203 Å². The lowest BCUT2D eigenvalue weighted by molar-refractivity contribution is -0.122. The van der Waals surface area contributed by atoms with Crippen LogP contribution in [0.1, 0.15) is 13.8 Å². The summed E-state index contributed by atoms with van der Waals surface area (Å²) < 4.78 is 1.45. The molecule has 3 heterocycles. The van der Waals surface area contributed by atoms with Crippen molar-refractivity contribution >= 4 is 28.6 Å². The van der Waals surface area contributed by atoms with E-state index < -0.39 is 6.09 Å². The lowest BCUT2D eigenvalue weighted by atomic mass is 10.0. The fourth-order valence-electron chi connectivity index (χ4n) is 5.23. The second-order valence-corrected chi connectivity index (χ2v) is 9.73. The average molecular weight is 476 g/mol. The van der Waals surface area contributed by atoms with Crippen LogP contribution in [0.3, 0.4) is 0 Å². The van der Waals surface area contributed by atoms with Crippen LogP contribution in [0, 0.1) is 11.8 Å². The monoisotopic (exact) mass is 475 g/mol. The van der Waals surface area contributed by atoms with Crippen LogP contribution < -0.4 is 15.8 Å². The summed E-state index contributed by atoms with van der Waals surface area (Å²) in [6, 6.07) is 15.0. The van der Waals surface area contributed by atoms with Gasteiger partial charge >= 0.3 is 6.09 Å². The van der Waals surface area contributed by atoms with Crippen molar-refractivity contribution in [2.24, 2.45) is 11.8 Å². The molecule has 2 aliphatic heterocycles. The Kier molecular flexibility index (Phi) is 5.92. The zero-order valence-corrected chi connectivity index (χ0v) is 19.8. The predicted molar refractivity (Wildman–Crippen MR) is 134 cm³/mol. The number of likely N-dealkylation sites (tertiary alicyclic amines) is 1. The molecule has 5 rings (SSSR count). The van der Waals surface area contributed by atoms with E-state index in [1.165, 1.54) is 9.47 Å². The van der Waals surface area contributed by atoms with Gasteiger partial charge in [-0.25, -0.2) is 9.78 Å². The number of hydrogen-bond donors (Lipinski definition) is 2. The van der Waals surface area contributed by atoms with Crippen molar-refractivity contribution in [2.45, 2.75) is 26.4 Å². The molecule has 35 heavy (non-hydrogen) atoms. The zero-order chi connectivity index (χ0) is 24.7. The second-order valence-electron chi connectivity index (χ2n) is 9.73. The van der Waals surface area contributed by atoms with E-state index in [4.69, 9.17) is 4.98 Å². The van der Waals surface area contributed by atoms with Crippen LogP contribution in [0.4, 0.5) is 10.5 Å². The van der Waals surface area contributed by atoms with Gasteiger partial charge < -0.3 is 20.2 Å². The number of nitrogens with one attached hydrogen (secondary N) is 1. The number of rotatable bonds is 5. The van der Waals surface area contributed by atoms with Gasteiger partial charge in [0.05, 0.1) is 10.9 Å². The van der Waals surface area contributed by atoms with E-state index in [9.17, 15) is 19.5 Å². The maximum absolute atomic E-state index is 13.7. The predicted octanol–water partition coefficient (Wildman–Crippen LogP) is 2.63. The van der Waals surface area contributed by atoms with Gasteiger partial charge in [0.2, 0.25) is 5.91 Å². The van der Waals surface area contributed by atoms with E-state index >= 15 is 0 Å². The molecule has 2 amide bonds. The minimum Gasteiger partial charge on any atom is -0.465 e. The number of carbonyl (C=O) groups excluding carboxylic acids is 1. The molecule has 2 N–H and O–H groups in total. The molecule has 0 saturated carbocycles. The van der Waals surface area contributed by atoms with Gasteiger partial charge in [-0.1, -0.05) is 30.3 Å². The van der Waals surface area contributed by atoms with Gasteiger partial charge in [-0.2, -0.15) is 0 Å². The molecule has 1 aromatic heterocycles. The summed E-state index contributed by atoms with van der Waals surface area (Å²) >= 11 is 0. The number of carbonyl (C=O) groups is 2. The first-order chi connectivity index (χ1) is 16.8. The SMILES string of the molecule is CC(C)NC(=O)Cn1c(-c2ccccc2)nc2ccc(N3CC4CN(C(=O)O)CC4C3)cc2c1=O. The van der Waals surface area contributed by atoms with Crippen LogP contribution in [0.2, 0.25) is 0 Å². The molecular weight excluding hydrogens is 446 g/mol. The van der Waals surface area contributed by atoms with Gasteiger partial charge in [-0.3, -0.25) is 14.2 Å². The topological polar surface area (TPSA) is 108 Å². The molecule has 2 saturated heterocycles. The van der Waals surface area contributed by atoms with Crippen LogP contribution in [0.5, 0.6) is 0 Å². The molecule has 0 aliphatic carbocycles. The number of amides is 2. The Hall–Kier alpha value is -3.88. The van der Waals surface area contributed by atoms with Gasteiger partial charge in [0.25, 0.3) is 5.56 Å². The van der Waals surface area contributed by atoms with Crippen molar-refractivity contribution in [2.75, 3.05) is 31.1 Å². The third-order valence-electron chi connectivity index (χ3n) is 6.84. The molecule has 0 bridgehead atoms. The molecular formula is C26H29N5O4. The highest BCUT2D eigenvalue weighted by Gasteiger charge is 2.41. The van der Waals surface area contributed by atoms with Gasteiger partial charge in [0.15, 0.2) is 0 Å². The Balaban J connectivity index is 1.51. The third kappa shape index (κ3) is 4.45. The summed E-state index contributed by atoms with van der Waals surface area (Å²) in [4.78, 5) is 46.1. The molecule has 2 aromatic carbocycles. The van der Waals surface area contributed by atoms with E-state index in [0.29, 0.717) is 29.8 Å². The summed E-state index contributed by atoms with van der Waals surface area (Å²) in [6.07, 6.45) is -0.862. The van der Waals surface area contributed by atoms with Crippen LogP contribution in [0.25, 0.3) is 22.3 Å². The standard InChI is InChI=1S/C26H29N5O4/c1-16(2)27-23(32)15-31-24(17-6-4-3-5-7-17)28-22-9-8-20(10-21(22)25(31)33)29-11-18-13-30(26(34)35)14-19(18)12-29/h3-10,16,18-19H,11-15H2,1-2H3,(H,27,32)(H,34,35). The van der Waals surface area contributed by atoms with Crippen LogP contribution >= 0.6 is 0 Å². The number of hydrogen-bond acceptors (Lipinski definition) is 5. The lowest BCUT2D eigenvalue weighted by Crippen LogP contribution is -2.37. The molecule has 9 heteroatoms. The molecule has 2 fully saturated rings. The van der Waals surface area contributed by atoms with E-state index in [2.05, 4.69) is 10.2 Å². The highest BCUT2D eigenvalue weighted by atomic mass is 16.4. The largest absolute Gasteiger partial charge is 0.465 e. The van der Waals surface area contributed by atoms with E-state index in [1.807, 2.05) is 62.4 Å². The van der Waals surface area contributed by atoms with Gasteiger partial charge in [-0.15, -0.1) is 0 Å². The van der Waals surface area contributed by atoms with E-state index in [0.717, 1.165) is 24.3 Å². The number of aromatic nitrogens is 2. The highest BCUT2D eigenvalue weighted by Crippen LogP contribution is 2.34. The van der Waals surface area contributed by atoms with Crippen molar-refractivity contribution in [3.8, 4) is 11.4 Å². The summed E-state index contributed by atoms with van der Waals surface area (Å²) in [7, 11) is 0. The normalized spacial score (nSPS) is 19.4. The molecule has 0 radical (unpaired) electrons. The minimum absolute atomic E-state index is 0.0370. The van der Waals surface area contributed by atoms with Crippen molar-refractivity contribution in [3.05, 3.63) is 58.9 Å². The fourth-order valence-corrected chi connectivity index (χ4v) is 5.23. The van der Waals surface area contributed by atoms with Crippen molar-refractivity contribution in [1.29, 1.82) is 0 Å². The molecule has 2 atom stereocenters. The summed E-state index contributed by atoms with van der Waals surface area (Å²) in [5, 5.41) is 12.6. The third-order valence-corrected chi connectivity index (χ3v) is 6.84. The Bertz CT molecular complexity index is 1320. The van der Waals surface area contributed by atoms with Crippen LogP contribution in [-0.2, 0) is 11.3 Å². The summed E-state index contributed by atoms with van der Waals surface area (Å²) in [5.41, 5.74) is 2.00. The number of benzene rings is 2. The molecule has 9 nitrogen and oxygen atoms in total. The maximum Gasteiger partial charge on any atom is 0.407 e. The Morgan fingerprint density at radius 3 is 2.37 bits per heavy atom. The average Bonchev–Trinajstić information content (AvgIpc) is 3.40. The van der Waals surface area contributed by atoms with Gasteiger partial charge in [0.1, 0.15) is 12.4 Å². The van der Waals surface area contributed by atoms with E-state index in [-0.39, 0.29) is 35.9 Å². The van der Waals surface area contributed by atoms with Gasteiger partial charge in [-0.05, 0) is 32.0 Å². The number of nitrogens with zero attached hydrogens (tertiary/aromatic N) is 4. The second kappa shape index (κ2) is 9.05. The molecule has 0 spiro atoms. The van der Waals surface area contributed by atoms with Crippen LogP contribution in [0.15, 0.2) is 53.3 Å². The number of carboxylic acid groups (broad SMARTS) is 1. The minimum atomic E-state index is -0.862. The number of fused-ring (bicyclic) bond motifs is 2. The fraction of sp³-hybridized carbons (Fsp3) is 0.385. The first kappa shape index (κ1) is 22.9. The summed E-state index contributed by atoms with van der Waals surface area (Å²) in [5.74, 6) is 0.791. The Morgan fingerprint density at radius 2 is 1.74 bits per heavy atom. The smallest absolute Gasteiger partial charge is 0.407 e. The Morgan fingerprint density at radius 1 is 1.06 bits per heavy atom. The molecule has 182 valence electrons. The molecule has 3 aromatic rings.